The van der Waals surface area contributed by atoms with Crippen LogP contribution in [0.25, 0.3) is 16.9 Å². The molecule has 0 saturated carbocycles. The highest BCUT2D eigenvalue weighted by Gasteiger charge is 2.18. The lowest BCUT2D eigenvalue weighted by atomic mass is 10.2. The van der Waals surface area contributed by atoms with Crippen LogP contribution in [0.4, 0.5) is 5.69 Å². The fourth-order valence-electron chi connectivity index (χ4n) is 3.16. The zero-order valence-electron chi connectivity index (χ0n) is 15.0. The monoisotopic (exact) mass is 379 g/mol. The van der Waals surface area contributed by atoms with Crippen LogP contribution < -0.4 is 5.32 Å². The van der Waals surface area contributed by atoms with E-state index in [4.69, 9.17) is 11.6 Å². The lowest BCUT2D eigenvalue weighted by Crippen LogP contribution is -2.20. The molecular weight excluding hydrogens is 362 g/mol. The summed E-state index contributed by atoms with van der Waals surface area (Å²) in [5.74, 6) is 0.567. The summed E-state index contributed by atoms with van der Waals surface area (Å²) < 4.78 is 3.57. The first-order chi connectivity index (χ1) is 13.0. The van der Waals surface area contributed by atoms with E-state index in [9.17, 15) is 4.79 Å². The maximum Gasteiger partial charge on any atom is 0.246 e. The molecule has 1 N–H and O–H groups in total. The highest BCUT2D eigenvalue weighted by atomic mass is 35.5. The Bertz CT molecular complexity index is 1130. The Morgan fingerprint density at radius 3 is 2.67 bits per heavy atom. The Hall–Kier alpha value is -3.12. The minimum atomic E-state index is -0.193. The number of pyridine rings is 1. The molecule has 0 aliphatic heterocycles. The van der Waals surface area contributed by atoms with E-state index in [2.05, 4.69) is 15.4 Å². The Morgan fingerprint density at radius 2 is 1.93 bits per heavy atom. The molecule has 1 amide bonds. The molecule has 7 heteroatoms. The third kappa shape index (κ3) is 3.44. The molecule has 0 aliphatic rings. The molecule has 4 rings (SSSR count). The van der Waals surface area contributed by atoms with Gasteiger partial charge in [-0.05, 0) is 55.8 Å². The number of anilines is 1. The summed E-state index contributed by atoms with van der Waals surface area (Å²) >= 11 is 5.98. The third-order valence-corrected chi connectivity index (χ3v) is 4.49. The number of halogens is 1. The SMILES string of the molecule is Cc1cc(C)c2c(-n3cccc3)nn(CC(=O)Nc3cccc(Cl)c3)c2n1. The maximum absolute atomic E-state index is 12.6. The number of nitrogens with zero attached hydrogens (tertiary/aromatic N) is 4. The van der Waals surface area contributed by atoms with Crippen molar-refractivity contribution >= 4 is 34.2 Å². The zero-order valence-corrected chi connectivity index (χ0v) is 15.7. The second kappa shape index (κ2) is 6.89. The van der Waals surface area contributed by atoms with Crippen LogP contribution in [0.3, 0.4) is 0 Å². The molecule has 0 spiro atoms. The van der Waals surface area contributed by atoms with Crippen LogP contribution in [0.1, 0.15) is 11.3 Å². The van der Waals surface area contributed by atoms with E-state index in [1.807, 2.05) is 49.0 Å². The molecule has 3 heterocycles. The topological polar surface area (TPSA) is 64.7 Å². The molecule has 1 aromatic carbocycles. The second-order valence-corrected chi connectivity index (χ2v) is 6.85. The van der Waals surface area contributed by atoms with Crippen LogP contribution in [0.15, 0.2) is 54.9 Å². The summed E-state index contributed by atoms with van der Waals surface area (Å²) in [6.45, 7) is 4.02. The van der Waals surface area contributed by atoms with Crippen molar-refractivity contribution in [1.29, 1.82) is 0 Å². The number of carbonyl (C=O) groups excluding carboxylic acids is 1. The van der Waals surface area contributed by atoms with Crippen molar-refractivity contribution in [2.24, 2.45) is 0 Å². The van der Waals surface area contributed by atoms with Gasteiger partial charge in [-0.2, -0.15) is 5.10 Å². The van der Waals surface area contributed by atoms with Gasteiger partial charge in [0.1, 0.15) is 6.54 Å². The highest BCUT2D eigenvalue weighted by Crippen LogP contribution is 2.25. The molecule has 0 saturated heterocycles. The molecule has 0 unspecified atom stereocenters. The number of benzene rings is 1. The van der Waals surface area contributed by atoms with Crippen LogP contribution in [0.2, 0.25) is 5.02 Å². The van der Waals surface area contributed by atoms with Crippen LogP contribution in [-0.2, 0) is 11.3 Å². The van der Waals surface area contributed by atoms with Crippen molar-refractivity contribution in [3.8, 4) is 5.82 Å². The van der Waals surface area contributed by atoms with E-state index in [-0.39, 0.29) is 12.5 Å². The summed E-state index contributed by atoms with van der Waals surface area (Å²) in [5.41, 5.74) is 3.30. The number of rotatable bonds is 4. The zero-order chi connectivity index (χ0) is 19.0. The number of aryl methyl sites for hydroxylation is 2. The van der Waals surface area contributed by atoms with Crippen molar-refractivity contribution in [3.63, 3.8) is 0 Å². The van der Waals surface area contributed by atoms with Gasteiger partial charge < -0.3 is 9.88 Å². The molecule has 0 bridgehead atoms. The molecular formula is C20H18ClN5O. The average molecular weight is 380 g/mol. The van der Waals surface area contributed by atoms with Gasteiger partial charge in [0.2, 0.25) is 5.91 Å². The van der Waals surface area contributed by atoms with Gasteiger partial charge in [0.15, 0.2) is 11.5 Å². The minimum Gasteiger partial charge on any atom is -0.324 e. The quantitative estimate of drug-likeness (QED) is 0.579. The molecule has 6 nitrogen and oxygen atoms in total. The van der Waals surface area contributed by atoms with E-state index >= 15 is 0 Å². The molecule has 3 aromatic heterocycles. The molecule has 136 valence electrons. The lowest BCUT2D eigenvalue weighted by Gasteiger charge is -2.07. The molecule has 0 radical (unpaired) electrons. The van der Waals surface area contributed by atoms with Gasteiger partial charge in [-0.25, -0.2) is 9.67 Å². The summed E-state index contributed by atoms with van der Waals surface area (Å²) in [7, 11) is 0. The van der Waals surface area contributed by atoms with Crippen LogP contribution in [0.5, 0.6) is 0 Å². The first kappa shape index (κ1) is 17.3. The second-order valence-electron chi connectivity index (χ2n) is 6.41. The van der Waals surface area contributed by atoms with Gasteiger partial charge in [-0.3, -0.25) is 4.79 Å². The Balaban J connectivity index is 1.72. The van der Waals surface area contributed by atoms with Gasteiger partial charge >= 0.3 is 0 Å². The first-order valence-corrected chi connectivity index (χ1v) is 8.92. The Kier molecular flexibility index (Phi) is 4.41. The molecule has 27 heavy (non-hydrogen) atoms. The normalized spacial score (nSPS) is 11.1. The highest BCUT2D eigenvalue weighted by molar-refractivity contribution is 6.30. The predicted octanol–water partition coefficient (Wildman–Crippen LogP) is 4.13. The van der Waals surface area contributed by atoms with Gasteiger partial charge in [-0.15, -0.1) is 0 Å². The maximum atomic E-state index is 12.6. The van der Waals surface area contributed by atoms with Crippen LogP contribution in [-0.4, -0.2) is 25.2 Å². The Morgan fingerprint density at radius 1 is 1.15 bits per heavy atom. The number of amides is 1. The first-order valence-electron chi connectivity index (χ1n) is 8.55. The van der Waals surface area contributed by atoms with E-state index in [0.717, 1.165) is 22.5 Å². The van der Waals surface area contributed by atoms with E-state index in [0.29, 0.717) is 16.4 Å². The third-order valence-electron chi connectivity index (χ3n) is 4.26. The van der Waals surface area contributed by atoms with Crippen molar-refractivity contribution in [2.75, 3.05) is 5.32 Å². The number of carbonyl (C=O) groups is 1. The number of aromatic nitrogens is 4. The molecule has 0 aliphatic carbocycles. The van der Waals surface area contributed by atoms with E-state index < -0.39 is 0 Å². The standard InChI is InChI=1S/C20H18ClN5O/c1-13-10-14(2)22-19-18(13)20(25-8-3-4-9-25)24-26(19)12-17(27)23-16-7-5-6-15(21)11-16/h3-11H,12H2,1-2H3,(H,23,27). The number of hydrogen-bond acceptors (Lipinski definition) is 3. The van der Waals surface area contributed by atoms with Crippen LogP contribution in [0, 0.1) is 13.8 Å². The van der Waals surface area contributed by atoms with Gasteiger partial charge in [0, 0.05) is 28.8 Å². The largest absolute Gasteiger partial charge is 0.324 e. The van der Waals surface area contributed by atoms with E-state index in [1.54, 1.807) is 28.9 Å². The van der Waals surface area contributed by atoms with Crippen molar-refractivity contribution in [1.82, 2.24) is 19.3 Å². The molecule has 0 atom stereocenters. The fraction of sp³-hybridized carbons (Fsp3) is 0.150. The minimum absolute atomic E-state index is 0.0557. The number of fused-ring (bicyclic) bond motifs is 1. The molecule has 0 fully saturated rings. The lowest BCUT2D eigenvalue weighted by molar-refractivity contribution is -0.116. The van der Waals surface area contributed by atoms with Gasteiger partial charge in [0.05, 0.1) is 5.39 Å². The van der Waals surface area contributed by atoms with Crippen molar-refractivity contribution in [3.05, 3.63) is 71.1 Å². The van der Waals surface area contributed by atoms with Crippen molar-refractivity contribution < 1.29 is 4.79 Å². The Labute approximate surface area is 161 Å². The van der Waals surface area contributed by atoms with Gasteiger partial charge in [-0.1, -0.05) is 17.7 Å². The summed E-state index contributed by atoms with van der Waals surface area (Å²) in [5, 5.41) is 9.02. The van der Waals surface area contributed by atoms with Crippen molar-refractivity contribution in [2.45, 2.75) is 20.4 Å². The predicted molar refractivity (Wildman–Crippen MR) is 106 cm³/mol. The van der Waals surface area contributed by atoms with Gasteiger partial charge in [0.25, 0.3) is 0 Å². The number of nitrogens with one attached hydrogen (secondary N) is 1. The smallest absolute Gasteiger partial charge is 0.246 e. The summed E-state index contributed by atoms with van der Waals surface area (Å²) in [6.07, 6.45) is 3.86. The summed E-state index contributed by atoms with van der Waals surface area (Å²) in [4.78, 5) is 17.2. The average Bonchev–Trinajstić information content (AvgIpc) is 3.23. The van der Waals surface area contributed by atoms with E-state index in [1.165, 1.54) is 0 Å². The summed E-state index contributed by atoms with van der Waals surface area (Å²) in [6, 6.07) is 13.0. The molecule has 4 aromatic rings. The fourth-order valence-corrected chi connectivity index (χ4v) is 3.35. The van der Waals surface area contributed by atoms with Crippen LogP contribution >= 0.6 is 11.6 Å². The number of hydrogen-bond donors (Lipinski definition) is 1.